The minimum Gasteiger partial charge on any atom is -0.316 e. The second kappa shape index (κ2) is 4.43. The third-order valence-electron chi connectivity index (χ3n) is 2.54. The van der Waals surface area contributed by atoms with Gasteiger partial charge in [-0.3, -0.25) is 0 Å². The first-order chi connectivity index (χ1) is 6.19. The summed E-state index contributed by atoms with van der Waals surface area (Å²) in [5.74, 6) is 0. The zero-order chi connectivity index (χ0) is 9.84. The predicted molar refractivity (Wildman–Crippen MR) is 58.1 cm³/mol. The lowest BCUT2D eigenvalue weighted by atomic mass is 9.98. The van der Waals surface area contributed by atoms with Crippen molar-refractivity contribution in [2.45, 2.75) is 33.7 Å². The fourth-order valence-corrected chi connectivity index (χ4v) is 1.71. The van der Waals surface area contributed by atoms with Gasteiger partial charge in [0.1, 0.15) is 0 Å². The second-order valence-corrected chi connectivity index (χ2v) is 3.59. The van der Waals surface area contributed by atoms with Crippen LogP contribution >= 0.6 is 0 Å². The average Bonchev–Trinajstić information content (AvgIpc) is 2.10. The molecule has 1 aromatic rings. The number of rotatable bonds is 3. The van der Waals surface area contributed by atoms with Crippen LogP contribution in [-0.2, 0) is 13.0 Å². The Balaban J connectivity index is 3.06. The molecule has 0 fully saturated rings. The zero-order valence-corrected chi connectivity index (χ0v) is 9.07. The van der Waals surface area contributed by atoms with Gasteiger partial charge in [0.05, 0.1) is 0 Å². The maximum Gasteiger partial charge on any atom is 0.0205 e. The summed E-state index contributed by atoms with van der Waals surface area (Å²) in [7, 11) is 1.99. The van der Waals surface area contributed by atoms with E-state index in [0.29, 0.717) is 0 Å². The third-order valence-corrected chi connectivity index (χ3v) is 2.54. The summed E-state index contributed by atoms with van der Waals surface area (Å²) in [5.41, 5.74) is 5.70. The van der Waals surface area contributed by atoms with E-state index in [2.05, 4.69) is 38.2 Å². The smallest absolute Gasteiger partial charge is 0.0205 e. The first-order valence-electron chi connectivity index (χ1n) is 4.92. The molecule has 0 heterocycles. The normalized spacial score (nSPS) is 10.5. The van der Waals surface area contributed by atoms with E-state index in [1.54, 1.807) is 0 Å². The molecule has 1 nitrogen and oxygen atoms in total. The van der Waals surface area contributed by atoms with Crippen LogP contribution in [0, 0.1) is 13.8 Å². The fraction of sp³-hybridized carbons (Fsp3) is 0.500. The van der Waals surface area contributed by atoms with Gasteiger partial charge in [-0.15, -0.1) is 0 Å². The summed E-state index contributed by atoms with van der Waals surface area (Å²) in [6.45, 7) is 7.55. The van der Waals surface area contributed by atoms with Gasteiger partial charge in [0, 0.05) is 6.54 Å². The summed E-state index contributed by atoms with van der Waals surface area (Å²) in [6.07, 6.45) is 1.13. The van der Waals surface area contributed by atoms with Crippen LogP contribution in [0.1, 0.15) is 29.2 Å². The van der Waals surface area contributed by atoms with E-state index in [-0.39, 0.29) is 0 Å². The number of aryl methyl sites for hydroxylation is 3. The maximum atomic E-state index is 3.20. The number of hydrogen-bond acceptors (Lipinski definition) is 1. The SMILES string of the molecule is CCc1cc(CNC)c(C)cc1C. The zero-order valence-electron chi connectivity index (χ0n) is 9.07. The number of benzene rings is 1. The second-order valence-electron chi connectivity index (χ2n) is 3.59. The Morgan fingerprint density at radius 2 is 1.69 bits per heavy atom. The van der Waals surface area contributed by atoms with Crippen molar-refractivity contribution >= 4 is 0 Å². The molecule has 0 spiro atoms. The van der Waals surface area contributed by atoms with Crippen molar-refractivity contribution < 1.29 is 0 Å². The highest BCUT2D eigenvalue weighted by molar-refractivity contribution is 5.37. The molecule has 0 aliphatic heterocycles. The van der Waals surface area contributed by atoms with Crippen molar-refractivity contribution in [1.29, 1.82) is 0 Å². The van der Waals surface area contributed by atoms with Gasteiger partial charge in [0.2, 0.25) is 0 Å². The van der Waals surface area contributed by atoms with Crippen molar-refractivity contribution in [3.63, 3.8) is 0 Å². The molecule has 0 saturated heterocycles. The molecule has 0 saturated carbocycles. The van der Waals surface area contributed by atoms with Crippen LogP contribution in [0.4, 0.5) is 0 Å². The van der Waals surface area contributed by atoms with Gasteiger partial charge in [-0.25, -0.2) is 0 Å². The van der Waals surface area contributed by atoms with E-state index >= 15 is 0 Å². The molecule has 13 heavy (non-hydrogen) atoms. The molecule has 1 heteroatoms. The minimum atomic E-state index is 0.971. The van der Waals surface area contributed by atoms with Gasteiger partial charge in [0.15, 0.2) is 0 Å². The standard InChI is InChI=1S/C12H19N/c1-5-11-7-12(8-13-4)10(3)6-9(11)2/h6-7,13H,5,8H2,1-4H3. The predicted octanol–water partition coefficient (Wildman–Crippen LogP) is 2.59. The Kier molecular flexibility index (Phi) is 3.49. The van der Waals surface area contributed by atoms with E-state index in [0.717, 1.165) is 13.0 Å². The molecule has 0 amide bonds. The van der Waals surface area contributed by atoms with Gasteiger partial charge >= 0.3 is 0 Å². The van der Waals surface area contributed by atoms with E-state index in [1.165, 1.54) is 22.3 Å². The Morgan fingerprint density at radius 1 is 1.08 bits per heavy atom. The lowest BCUT2D eigenvalue weighted by Gasteiger charge is -2.10. The Hall–Kier alpha value is -0.820. The Bertz CT molecular complexity index is 289. The Labute approximate surface area is 81.2 Å². The molecule has 72 valence electrons. The third kappa shape index (κ3) is 2.31. The molecule has 1 rings (SSSR count). The highest BCUT2D eigenvalue weighted by atomic mass is 14.8. The van der Waals surface area contributed by atoms with Gasteiger partial charge < -0.3 is 5.32 Å². The first-order valence-corrected chi connectivity index (χ1v) is 4.92. The van der Waals surface area contributed by atoms with Crippen molar-refractivity contribution in [2.75, 3.05) is 7.05 Å². The minimum absolute atomic E-state index is 0.971. The molecule has 0 radical (unpaired) electrons. The van der Waals surface area contributed by atoms with Crippen LogP contribution in [-0.4, -0.2) is 7.05 Å². The number of nitrogens with one attached hydrogen (secondary N) is 1. The average molecular weight is 177 g/mol. The molecular formula is C12H19N. The quantitative estimate of drug-likeness (QED) is 0.748. The molecule has 0 aromatic heterocycles. The Morgan fingerprint density at radius 3 is 2.23 bits per heavy atom. The lowest BCUT2D eigenvalue weighted by molar-refractivity contribution is 0.809. The number of hydrogen-bond donors (Lipinski definition) is 1. The van der Waals surface area contributed by atoms with E-state index in [1.807, 2.05) is 7.05 Å². The van der Waals surface area contributed by atoms with Crippen molar-refractivity contribution in [2.24, 2.45) is 0 Å². The molecule has 1 N–H and O–H groups in total. The van der Waals surface area contributed by atoms with Crippen molar-refractivity contribution in [1.82, 2.24) is 5.32 Å². The molecule has 0 bridgehead atoms. The van der Waals surface area contributed by atoms with Crippen LogP contribution in [0.3, 0.4) is 0 Å². The highest BCUT2D eigenvalue weighted by Gasteiger charge is 2.01. The van der Waals surface area contributed by atoms with Crippen molar-refractivity contribution in [3.05, 3.63) is 34.4 Å². The molecule has 1 aromatic carbocycles. The van der Waals surface area contributed by atoms with Crippen LogP contribution in [0.2, 0.25) is 0 Å². The van der Waals surface area contributed by atoms with Crippen LogP contribution < -0.4 is 5.32 Å². The molecule has 0 unspecified atom stereocenters. The van der Waals surface area contributed by atoms with Gasteiger partial charge in [-0.05, 0) is 49.6 Å². The molecule has 0 aliphatic rings. The van der Waals surface area contributed by atoms with E-state index in [4.69, 9.17) is 0 Å². The van der Waals surface area contributed by atoms with Crippen molar-refractivity contribution in [3.8, 4) is 0 Å². The van der Waals surface area contributed by atoms with E-state index in [9.17, 15) is 0 Å². The largest absolute Gasteiger partial charge is 0.316 e. The van der Waals surface area contributed by atoms with E-state index < -0.39 is 0 Å². The summed E-state index contributed by atoms with van der Waals surface area (Å²) < 4.78 is 0. The summed E-state index contributed by atoms with van der Waals surface area (Å²) in [5, 5.41) is 3.20. The molecule has 0 aliphatic carbocycles. The lowest BCUT2D eigenvalue weighted by Crippen LogP contribution is -2.07. The van der Waals surface area contributed by atoms with Crippen LogP contribution in [0.25, 0.3) is 0 Å². The summed E-state index contributed by atoms with van der Waals surface area (Å²) in [6, 6.07) is 4.60. The molecular weight excluding hydrogens is 158 g/mol. The monoisotopic (exact) mass is 177 g/mol. The molecule has 0 atom stereocenters. The van der Waals surface area contributed by atoms with Gasteiger partial charge in [0.25, 0.3) is 0 Å². The highest BCUT2D eigenvalue weighted by Crippen LogP contribution is 2.16. The van der Waals surface area contributed by atoms with Gasteiger partial charge in [-0.2, -0.15) is 0 Å². The van der Waals surface area contributed by atoms with Crippen LogP contribution in [0.15, 0.2) is 12.1 Å². The summed E-state index contributed by atoms with van der Waals surface area (Å²) in [4.78, 5) is 0. The maximum absolute atomic E-state index is 3.20. The topological polar surface area (TPSA) is 12.0 Å². The van der Waals surface area contributed by atoms with Gasteiger partial charge in [-0.1, -0.05) is 19.1 Å². The first kappa shape index (κ1) is 10.3. The van der Waals surface area contributed by atoms with Crippen LogP contribution in [0.5, 0.6) is 0 Å². The summed E-state index contributed by atoms with van der Waals surface area (Å²) >= 11 is 0. The fourth-order valence-electron chi connectivity index (χ4n) is 1.71.